The maximum Gasteiger partial charge on any atom is 0.151 e. The fourth-order valence-electron chi connectivity index (χ4n) is 2.46. The van der Waals surface area contributed by atoms with Gasteiger partial charge in [-0.05, 0) is 37.1 Å². The van der Waals surface area contributed by atoms with Gasteiger partial charge in [-0.25, -0.2) is 4.39 Å². The van der Waals surface area contributed by atoms with E-state index in [1.807, 2.05) is 17.0 Å². The molecule has 1 fully saturated rings. The minimum absolute atomic E-state index is 0.285. The SMILES string of the molecule is OC1CCCN(c2ccc(-c3cccc(F)c3)nn2)C1. The van der Waals surface area contributed by atoms with Gasteiger partial charge in [0, 0.05) is 18.7 Å². The quantitative estimate of drug-likeness (QED) is 0.911. The molecular weight excluding hydrogens is 257 g/mol. The van der Waals surface area contributed by atoms with Gasteiger partial charge in [-0.3, -0.25) is 0 Å². The molecule has 3 rings (SSSR count). The van der Waals surface area contributed by atoms with Crippen molar-refractivity contribution in [1.82, 2.24) is 10.2 Å². The maximum atomic E-state index is 13.2. The molecule has 1 aromatic carbocycles. The summed E-state index contributed by atoms with van der Waals surface area (Å²) in [5, 5.41) is 18.0. The first kappa shape index (κ1) is 13.0. The fourth-order valence-corrected chi connectivity index (χ4v) is 2.46. The average molecular weight is 273 g/mol. The smallest absolute Gasteiger partial charge is 0.151 e. The van der Waals surface area contributed by atoms with Crippen molar-refractivity contribution in [3.05, 3.63) is 42.2 Å². The van der Waals surface area contributed by atoms with Crippen LogP contribution in [0.2, 0.25) is 0 Å². The van der Waals surface area contributed by atoms with Crippen LogP contribution in [0.4, 0.5) is 10.2 Å². The lowest BCUT2D eigenvalue weighted by Crippen LogP contribution is -2.38. The number of anilines is 1. The molecule has 1 saturated heterocycles. The predicted octanol–water partition coefficient (Wildman–Crippen LogP) is 2.24. The van der Waals surface area contributed by atoms with E-state index in [2.05, 4.69) is 10.2 Å². The fraction of sp³-hybridized carbons (Fsp3) is 0.333. The molecule has 1 aromatic heterocycles. The molecule has 1 atom stereocenters. The molecule has 0 bridgehead atoms. The minimum atomic E-state index is -0.298. The van der Waals surface area contributed by atoms with Crippen molar-refractivity contribution in [2.75, 3.05) is 18.0 Å². The van der Waals surface area contributed by atoms with Crippen molar-refractivity contribution in [2.24, 2.45) is 0 Å². The van der Waals surface area contributed by atoms with Crippen molar-refractivity contribution < 1.29 is 9.50 Å². The Morgan fingerprint density at radius 2 is 2.10 bits per heavy atom. The summed E-state index contributed by atoms with van der Waals surface area (Å²) < 4.78 is 13.2. The van der Waals surface area contributed by atoms with Gasteiger partial charge in [0.2, 0.25) is 0 Å². The summed E-state index contributed by atoms with van der Waals surface area (Å²) in [6.45, 7) is 1.47. The Morgan fingerprint density at radius 3 is 2.80 bits per heavy atom. The normalized spacial score (nSPS) is 19.1. The molecule has 0 amide bonds. The molecule has 0 radical (unpaired) electrons. The topological polar surface area (TPSA) is 49.2 Å². The Hall–Kier alpha value is -2.01. The highest BCUT2D eigenvalue weighted by Gasteiger charge is 2.19. The van der Waals surface area contributed by atoms with E-state index in [0.717, 1.165) is 25.2 Å². The third kappa shape index (κ3) is 2.77. The monoisotopic (exact) mass is 273 g/mol. The van der Waals surface area contributed by atoms with Crippen molar-refractivity contribution >= 4 is 5.82 Å². The van der Waals surface area contributed by atoms with Crippen LogP contribution < -0.4 is 4.90 Å². The molecule has 0 aliphatic carbocycles. The second-order valence-electron chi connectivity index (χ2n) is 5.03. The number of nitrogens with zero attached hydrogens (tertiary/aromatic N) is 3. The summed E-state index contributed by atoms with van der Waals surface area (Å²) >= 11 is 0. The third-order valence-corrected chi connectivity index (χ3v) is 3.49. The van der Waals surface area contributed by atoms with Gasteiger partial charge < -0.3 is 10.0 Å². The summed E-state index contributed by atoms with van der Waals surface area (Å²) in [6, 6.07) is 10.00. The Balaban J connectivity index is 1.80. The highest BCUT2D eigenvalue weighted by Crippen LogP contribution is 2.21. The van der Waals surface area contributed by atoms with Gasteiger partial charge in [0.1, 0.15) is 5.82 Å². The molecular formula is C15H16FN3O. The number of aliphatic hydroxyl groups is 1. The number of hydrogen-bond acceptors (Lipinski definition) is 4. The highest BCUT2D eigenvalue weighted by molar-refractivity contribution is 5.59. The van der Waals surface area contributed by atoms with Crippen LogP contribution in [-0.2, 0) is 0 Å². The molecule has 2 aromatic rings. The maximum absolute atomic E-state index is 13.2. The van der Waals surface area contributed by atoms with Crippen LogP contribution in [0.1, 0.15) is 12.8 Å². The summed E-state index contributed by atoms with van der Waals surface area (Å²) in [4.78, 5) is 2.02. The van der Waals surface area contributed by atoms with E-state index in [4.69, 9.17) is 0 Å². The summed E-state index contributed by atoms with van der Waals surface area (Å²) in [7, 11) is 0. The number of hydrogen-bond donors (Lipinski definition) is 1. The number of β-amino-alcohol motifs (C(OH)–C–C–N with tert-alkyl or cyclic N) is 1. The van der Waals surface area contributed by atoms with Gasteiger partial charge in [0.25, 0.3) is 0 Å². The molecule has 0 saturated carbocycles. The van der Waals surface area contributed by atoms with E-state index in [1.165, 1.54) is 12.1 Å². The number of aliphatic hydroxyl groups excluding tert-OH is 1. The predicted molar refractivity (Wildman–Crippen MR) is 74.9 cm³/mol. The molecule has 1 unspecified atom stereocenters. The van der Waals surface area contributed by atoms with Crippen molar-refractivity contribution in [3.63, 3.8) is 0 Å². The molecule has 1 aliphatic heterocycles. The van der Waals surface area contributed by atoms with Crippen LogP contribution in [0.3, 0.4) is 0 Å². The zero-order valence-electron chi connectivity index (χ0n) is 11.0. The third-order valence-electron chi connectivity index (χ3n) is 3.49. The van der Waals surface area contributed by atoms with Crippen molar-refractivity contribution in [1.29, 1.82) is 0 Å². The van der Waals surface area contributed by atoms with E-state index in [9.17, 15) is 9.50 Å². The van der Waals surface area contributed by atoms with Crippen LogP contribution >= 0.6 is 0 Å². The lowest BCUT2D eigenvalue weighted by atomic mass is 10.1. The molecule has 2 heterocycles. The zero-order valence-corrected chi connectivity index (χ0v) is 11.0. The minimum Gasteiger partial charge on any atom is -0.391 e. The summed E-state index contributed by atoms with van der Waals surface area (Å²) in [6.07, 6.45) is 1.49. The molecule has 5 heteroatoms. The molecule has 1 aliphatic rings. The Labute approximate surface area is 116 Å². The van der Waals surface area contributed by atoms with Crippen LogP contribution in [0, 0.1) is 5.82 Å². The van der Waals surface area contributed by atoms with Crippen LogP contribution in [-0.4, -0.2) is 34.5 Å². The van der Waals surface area contributed by atoms with E-state index < -0.39 is 0 Å². The van der Waals surface area contributed by atoms with Gasteiger partial charge in [0.15, 0.2) is 5.82 Å². The largest absolute Gasteiger partial charge is 0.391 e. The highest BCUT2D eigenvalue weighted by atomic mass is 19.1. The van der Waals surface area contributed by atoms with Crippen LogP contribution in [0.5, 0.6) is 0 Å². The Kier molecular flexibility index (Phi) is 3.60. The first-order valence-corrected chi connectivity index (χ1v) is 6.75. The average Bonchev–Trinajstić information content (AvgIpc) is 2.47. The van der Waals surface area contributed by atoms with Crippen LogP contribution in [0.15, 0.2) is 36.4 Å². The number of halogens is 1. The zero-order chi connectivity index (χ0) is 13.9. The van der Waals surface area contributed by atoms with E-state index in [1.54, 1.807) is 12.1 Å². The van der Waals surface area contributed by atoms with E-state index in [-0.39, 0.29) is 11.9 Å². The second-order valence-corrected chi connectivity index (χ2v) is 5.03. The lowest BCUT2D eigenvalue weighted by Gasteiger charge is -2.30. The number of rotatable bonds is 2. The molecule has 20 heavy (non-hydrogen) atoms. The Bertz CT molecular complexity index is 588. The standard InChI is InChI=1S/C15H16FN3O/c16-12-4-1-3-11(9-12)14-6-7-15(18-17-14)19-8-2-5-13(20)10-19/h1,3-4,6-7,9,13,20H,2,5,8,10H2. The number of piperidine rings is 1. The van der Waals surface area contributed by atoms with Crippen molar-refractivity contribution in [3.8, 4) is 11.3 Å². The van der Waals surface area contributed by atoms with Crippen molar-refractivity contribution in [2.45, 2.75) is 18.9 Å². The molecule has 0 spiro atoms. The number of aromatic nitrogens is 2. The van der Waals surface area contributed by atoms with Gasteiger partial charge in [-0.15, -0.1) is 10.2 Å². The van der Waals surface area contributed by atoms with Gasteiger partial charge in [-0.1, -0.05) is 12.1 Å². The van der Waals surface area contributed by atoms with Gasteiger partial charge in [0.05, 0.1) is 11.8 Å². The Morgan fingerprint density at radius 1 is 1.20 bits per heavy atom. The van der Waals surface area contributed by atoms with E-state index >= 15 is 0 Å². The molecule has 1 N–H and O–H groups in total. The summed E-state index contributed by atoms with van der Waals surface area (Å²) in [5.74, 6) is 0.469. The first-order valence-electron chi connectivity index (χ1n) is 6.75. The van der Waals surface area contributed by atoms with Gasteiger partial charge in [-0.2, -0.15) is 0 Å². The summed E-state index contributed by atoms with van der Waals surface area (Å²) in [5.41, 5.74) is 1.36. The number of benzene rings is 1. The van der Waals surface area contributed by atoms with Gasteiger partial charge >= 0.3 is 0 Å². The lowest BCUT2D eigenvalue weighted by molar-refractivity contribution is 0.154. The molecule has 104 valence electrons. The second kappa shape index (κ2) is 5.54. The van der Waals surface area contributed by atoms with Crippen LogP contribution in [0.25, 0.3) is 11.3 Å². The van der Waals surface area contributed by atoms with E-state index in [0.29, 0.717) is 17.8 Å². The first-order chi connectivity index (χ1) is 9.72. The molecule has 4 nitrogen and oxygen atoms in total.